The lowest BCUT2D eigenvalue weighted by molar-refractivity contribution is -0.269. The third kappa shape index (κ3) is 2.97. The summed E-state index contributed by atoms with van der Waals surface area (Å²) in [6, 6.07) is 7.08. The first-order valence-electron chi connectivity index (χ1n) is 9.00. The predicted molar refractivity (Wildman–Crippen MR) is 102 cm³/mol. The molecule has 0 unspecified atom stereocenters. The zero-order valence-corrected chi connectivity index (χ0v) is 16.2. The van der Waals surface area contributed by atoms with E-state index in [0.29, 0.717) is 28.6 Å². The van der Waals surface area contributed by atoms with Crippen molar-refractivity contribution in [3.63, 3.8) is 0 Å². The minimum absolute atomic E-state index is 0.0280. The molecule has 1 aromatic carbocycles. The number of benzene rings is 1. The first kappa shape index (κ1) is 19.2. The molecule has 1 aliphatic heterocycles. The number of hydrogen-bond acceptors (Lipinski definition) is 6. The van der Waals surface area contributed by atoms with Crippen molar-refractivity contribution < 1.29 is 23.0 Å². The van der Waals surface area contributed by atoms with Crippen molar-refractivity contribution in [2.75, 3.05) is 12.1 Å². The average Bonchev–Trinajstić information content (AvgIpc) is 3.25. The summed E-state index contributed by atoms with van der Waals surface area (Å²) >= 11 is 1.03. The summed E-state index contributed by atoms with van der Waals surface area (Å²) in [6.07, 6.45) is -3.38. The van der Waals surface area contributed by atoms with E-state index in [4.69, 9.17) is 4.74 Å². The number of nitrogens with zero attached hydrogens (tertiary/aromatic N) is 3. The molecule has 2 aromatic rings. The lowest BCUT2D eigenvalue weighted by atomic mass is 9.76. The number of thiazole rings is 1. The molecule has 4 rings (SSSR count). The summed E-state index contributed by atoms with van der Waals surface area (Å²) in [6.45, 7) is 1.90. The van der Waals surface area contributed by atoms with Gasteiger partial charge in [-0.2, -0.15) is 23.3 Å². The second-order valence-electron chi connectivity index (χ2n) is 7.30. The fourth-order valence-corrected chi connectivity index (χ4v) is 4.69. The van der Waals surface area contributed by atoms with Crippen molar-refractivity contribution in [3.05, 3.63) is 29.6 Å². The highest BCUT2D eigenvalue weighted by Gasteiger charge is 2.68. The molecule has 0 bridgehead atoms. The van der Waals surface area contributed by atoms with Crippen molar-refractivity contribution in [3.8, 4) is 17.0 Å². The van der Waals surface area contributed by atoms with Crippen molar-refractivity contribution in [1.82, 2.24) is 4.98 Å². The number of hydrazone groups is 1. The molecular formula is C19H20F3N3O2S. The Labute approximate surface area is 164 Å². The Bertz CT molecular complexity index is 897. The maximum Gasteiger partial charge on any atom is 0.439 e. The van der Waals surface area contributed by atoms with Crippen LogP contribution in [0.25, 0.3) is 11.3 Å². The monoisotopic (exact) mass is 411 g/mol. The number of halogens is 3. The van der Waals surface area contributed by atoms with Crippen LogP contribution in [0.3, 0.4) is 0 Å². The molecule has 9 heteroatoms. The Morgan fingerprint density at radius 2 is 2.00 bits per heavy atom. The number of anilines is 1. The van der Waals surface area contributed by atoms with Gasteiger partial charge in [-0.1, -0.05) is 6.92 Å². The Morgan fingerprint density at radius 3 is 2.64 bits per heavy atom. The quantitative estimate of drug-likeness (QED) is 0.797. The molecule has 0 amide bonds. The lowest BCUT2D eigenvalue weighted by Crippen LogP contribution is -2.60. The SMILES string of the molecule is COc1ccc(-c2csc(N3N=C4CC[C@H](C)C[C@@H]4[C@@]3(O)C(F)(F)F)n2)cc1. The van der Waals surface area contributed by atoms with Crippen LogP contribution in [0.15, 0.2) is 34.7 Å². The zero-order valence-electron chi connectivity index (χ0n) is 15.4. The predicted octanol–water partition coefficient (Wildman–Crippen LogP) is 4.68. The van der Waals surface area contributed by atoms with Gasteiger partial charge in [0.15, 0.2) is 0 Å². The molecule has 0 radical (unpaired) electrons. The van der Waals surface area contributed by atoms with Crippen molar-refractivity contribution in [1.29, 1.82) is 0 Å². The highest BCUT2D eigenvalue weighted by molar-refractivity contribution is 7.14. The number of aromatic nitrogens is 1. The van der Waals surface area contributed by atoms with E-state index in [1.165, 1.54) is 0 Å². The van der Waals surface area contributed by atoms with Crippen molar-refractivity contribution in [2.24, 2.45) is 16.9 Å². The molecule has 0 saturated heterocycles. The fraction of sp³-hybridized carbons (Fsp3) is 0.474. The molecule has 3 atom stereocenters. The number of fused-ring (bicyclic) bond motifs is 1. The van der Waals surface area contributed by atoms with Crippen molar-refractivity contribution in [2.45, 2.75) is 38.1 Å². The minimum Gasteiger partial charge on any atom is -0.497 e. The van der Waals surface area contributed by atoms with Crippen LogP contribution in [0.1, 0.15) is 26.2 Å². The van der Waals surface area contributed by atoms with Crippen LogP contribution in [0.4, 0.5) is 18.3 Å². The number of hydrogen-bond donors (Lipinski definition) is 1. The summed E-state index contributed by atoms with van der Waals surface area (Å²) in [5.74, 6) is -0.289. The molecule has 1 N–H and O–H groups in total. The van der Waals surface area contributed by atoms with Crippen LogP contribution in [-0.4, -0.2) is 34.8 Å². The first-order valence-corrected chi connectivity index (χ1v) is 9.88. The van der Waals surface area contributed by atoms with Gasteiger partial charge >= 0.3 is 6.18 Å². The molecule has 2 aliphatic rings. The molecule has 1 saturated carbocycles. The van der Waals surface area contributed by atoms with Crippen LogP contribution in [0.2, 0.25) is 0 Å². The number of rotatable bonds is 3. The molecule has 150 valence electrons. The summed E-state index contributed by atoms with van der Waals surface area (Å²) in [5.41, 5.74) is -1.39. The first-order chi connectivity index (χ1) is 13.2. The standard InChI is InChI=1S/C19H20F3N3O2S/c1-11-3-8-15-14(9-11)18(26,19(20,21)22)25(24-15)17-23-16(10-28-17)12-4-6-13(27-2)7-5-12/h4-7,10-11,14,26H,3,8-9H2,1-2H3/t11-,14-,18+/m0/s1. The van der Waals surface area contributed by atoms with Gasteiger partial charge in [0.05, 0.1) is 18.7 Å². The van der Waals surface area contributed by atoms with Gasteiger partial charge in [-0.3, -0.25) is 0 Å². The van der Waals surface area contributed by atoms with Crippen molar-refractivity contribution >= 4 is 22.2 Å². The number of ether oxygens (including phenoxy) is 1. The van der Waals surface area contributed by atoms with E-state index >= 15 is 0 Å². The Hall–Kier alpha value is -2.13. The normalized spacial score (nSPS) is 27.5. The Balaban J connectivity index is 1.71. The smallest absolute Gasteiger partial charge is 0.439 e. The Morgan fingerprint density at radius 1 is 1.29 bits per heavy atom. The molecule has 5 nitrogen and oxygen atoms in total. The largest absolute Gasteiger partial charge is 0.497 e. The molecular weight excluding hydrogens is 391 g/mol. The van der Waals surface area contributed by atoms with Gasteiger partial charge in [-0.05, 0) is 49.4 Å². The molecule has 1 aromatic heterocycles. The van der Waals surface area contributed by atoms with E-state index in [-0.39, 0.29) is 17.5 Å². The van der Waals surface area contributed by atoms with Gasteiger partial charge in [0, 0.05) is 16.7 Å². The highest BCUT2D eigenvalue weighted by Crippen LogP contribution is 2.51. The minimum atomic E-state index is -4.86. The van der Waals surface area contributed by atoms with E-state index < -0.39 is 17.8 Å². The zero-order chi connectivity index (χ0) is 20.1. The fourth-order valence-electron chi connectivity index (χ4n) is 3.86. The third-order valence-corrected chi connectivity index (χ3v) is 6.26. The van der Waals surface area contributed by atoms with Crippen LogP contribution in [0, 0.1) is 11.8 Å². The van der Waals surface area contributed by atoms with E-state index in [2.05, 4.69) is 10.1 Å². The molecule has 0 spiro atoms. The van der Waals surface area contributed by atoms with E-state index in [9.17, 15) is 18.3 Å². The molecule has 1 aliphatic carbocycles. The van der Waals surface area contributed by atoms with Gasteiger partial charge in [0.1, 0.15) is 5.75 Å². The van der Waals surface area contributed by atoms with Gasteiger partial charge in [-0.15, -0.1) is 11.3 Å². The summed E-state index contributed by atoms with van der Waals surface area (Å²) in [5, 5.41) is 17.4. The summed E-state index contributed by atoms with van der Waals surface area (Å²) in [4.78, 5) is 4.34. The number of methoxy groups -OCH3 is 1. The summed E-state index contributed by atoms with van der Waals surface area (Å²) in [7, 11) is 1.56. The average molecular weight is 411 g/mol. The number of aliphatic hydroxyl groups is 1. The van der Waals surface area contributed by atoms with Crippen LogP contribution >= 0.6 is 11.3 Å². The van der Waals surface area contributed by atoms with Crippen LogP contribution in [0.5, 0.6) is 5.75 Å². The second-order valence-corrected chi connectivity index (χ2v) is 8.14. The maximum absolute atomic E-state index is 14.0. The molecule has 2 heterocycles. The number of alkyl halides is 3. The Kier molecular flexibility index (Phi) is 4.62. The van der Waals surface area contributed by atoms with Crippen LogP contribution in [-0.2, 0) is 0 Å². The third-order valence-electron chi connectivity index (χ3n) is 5.45. The topological polar surface area (TPSA) is 58.0 Å². The van der Waals surface area contributed by atoms with Gasteiger partial charge in [0.25, 0.3) is 5.72 Å². The van der Waals surface area contributed by atoms with Gasteiger partial charge in [0.2, 0.25) is 5.13 Å². The second kappa shape index (κ2) is 6.73. The highest BCUT2D eigenvalue weighted by atomic mass is 32.1. The molecule has 1 fully saturated rings. The van der Waals surface area contributed by atoms with E-state index in [0.717, 1.165) is 23.3 Å². The van der Waals surface area contributed by atoms with Gasteiger partial charge in [-0.25, -0.2) is 4.98 Å². The summed E-state index contributed by atoms with van der Waals surface area (Å²) < 4.78 is 47.1. The van der Waals surface area contributed by atoms with E-state index in [1.807, 2.05) is 6.92 Å². The van der Waals surface area contributed by atoms with E-state index in [1.54, 1.807) is 36.8 Å². The van der Waals surface area contributed by atoms with Gasteiger partial charge < -0.3 is 9.84 Å². The van der Waals surface area contributed by atoms with Crippen LogP contribution < -0.4 is 9.75 Å². The maximum atomic E-state index is 14.0. The lowest BCUT2D eigenvalue weighted by Gasteiger charge is -2.39. The molecule has 28 heavy (non-hydrogen) atoms.